The first-order valence-electron chi connectivity index (χ1n) is 10.9. The summed E-state index contributed by atoms with van der Waals surface area (Å²) in [5, 5.41) is 11.7. The lowest BCUT2D eigenvalue weighted by atomic mass is 9.98. The van der Waals surface area contributed by atoms with Gasteiger partial charge < -0.3 is 14.7 Å². The van der Waals surface area contributed by atoms with Gasteiger partial charge in [-0.05, 0) is 40.5 Å². The topological polar surface area (TPSA) is 95.9 Å². The van der Waals surface area contributed by atoms with Gasteiger partial charge in [0.05, 0.1) is 5.92 Å². The molecule has 8 heteroatoms. The molecule has 2 N–H and O–H groups in total. The Labute approximate surface area is 204 Å². The number of aliphatic carboxylic acids is 1. The van der Waals surface area contributed by atoms with Gasteiger partial charge in [-0.3, -0.25) is 14.9 Å². The third-order valence-electron chi connectivity index (χ3n) is 6.25. The lowest BCUT2D eigenvalue weighted by Gasteiger charge is -2.36. The van der Waals surface area contributed by atoms with Gasteiger partial charge in [0.1, 0.15) is 6.61 Å². The minimum absolute atomic E-state index is 0.0496. The van der Waals surface area contributed by atoms with E-state index in [0.29, 0.717) is 15.7 Å². The van der Waals surface area contributed by atoms with E-state index < -0.39 is 18.0 Å². The maximum absolute atomic E-state index is 12.7. The van der Waals surface area contributed by atoms with Crippen LogP contribution in [-0.4, -0.2) is 47.7 Å². The van der Waals surface area contributed by atoms with E-state index in [1.54, 1.807) is 18.2 Å². The van der Waals surface area contributed by atoms with Gasteiger partial charge in [-0.1, -0.05) is 64.5 Å². The summed E-state index contributed by atoms with van der Waals surface area (Å²) in [5.41, 5.74) is 5.32. The molecule has 0 bridgehead atoms. The molecule has 3 aromatic rings. The normalized spacial score (nSPS) is 14.7. The fourth-order valence-corrected chi connectivity index (χ4v) is 5.01. The van der Waals surface area contributed by atoms with Gasteiger partial charge in [0.2, 0.25) is 0 Å². The highest BCUT2D eigenvalue weighted by atomic mass is 79.9. The molecule has 0 radical (unpaired) electrons. The average Bonchev–Trinajstić information content (AvgIpc) is 3.10. The Morgan fingerprint density at radius 3 is 2.21 bits per heavy atom. The number of nitrogens with zero attached hydrogens (tertiary/aromatic N) is 1. The van der Waals surface area contributed by atoms with Crippen molar-refractivity contribution in [1.82, 2.24) is 4.90 Å². The van der Waals surface area contributed by atoms with Crippen molar-refractivity contribution in [2.45, 2.75) is 5.92 Å². The number of hydrogen-bond donors (Lipinski definition) is 2. The van der Waals surface area contributed by atoms with Crippen LogP contribution in [0.25, 0.3) is 11.1 Å². The van der Waals surface area contributed by atoms with Crippen molar-refractivity contribution in [2.24, 2.45) is 5.92 Å². The smallest absolute Gasteiger partial charge is 0.411 e. The predicted molar refractivity (Wildman–Crippen MR) is 130 cm³/mol. The lowest BCUT2D eigenvalue weighted by molar-refractivity contribution is -0.146. The van der Waals surface area contributed by atoms with Crippen molar-refractivity contribution in [2.75, 3.05) is 25.0 Å². The van der Waals surface area contributed by atoms with E-state index in [-0.39, 0.29) is 31.5 Å². The highest BCUT2D eigenvalue weighted by Gasteiger charge is 2.36. The number of hydrogen-bond acceptors (Lipinski definition) is 4. The molecule has 1 aliphatic carbocycles. The number of carboxylic acids is 1. The van der Waals surface area contributed by atoms with Crippen LogP contribution >= 0.6 is 15.9 Å². The zero-order valence-electron chi connectivity index (χ0n) is 18.0. The van der Waals surface area contributed by atoms with Gasteiger partial charge in [0, 0.05) is 34.7 Å². The molecule has 0 spiro atoms. The van der Waals surface area contributed by atoms with E-state index >= 15 is 0 Å². The molecule has 5 rings (SSSR count). The first kappa shape index (κ1) is 22.2. The number of fused-ring (bicyclic) bond motifs is 3. The third kappa shape index (κ3) is 4.17. The first-order chi connectivity index (χ1) is 16.4. The van der Waals surface area contributed by atoms with Gasteiger partial charge in [0.25, 0.3) is 5.91 Å². The number of anilines is 1. The number of nitrogens with one attached hydrogen (secondary N) is 1. The van der Waals surface area contributed by atoms with Gasteiger partial charge in [0.15, 0.2) is 0 Å². The Morgan fingerprint density at radius 2 is 1.59 bits per heavy atom. The molecule has 0 saturated carbocycles. The van der Waals surface area contributed by atoms with Crippen molar-refractivity contribution in [3.8, 4) is 11.1 Å². The van der Waals surface area contributed by atoms with Crippen LogP contribution in [0.2, 0.25) is 0 Å². The summed E-state index contributed by atoms with van der Waals surface area (Å²) in [7, 11) is 0. The monoisotopic (exact) mass is 520 g/mol. The highest BCUT2D eigenvalue weighted by Crippen LogP contribution is 2.44. The van der Waals surface area contributed by atoms with E-state index in [4.69, 9.17) is 9.84 Å². The summed E-state index contributed by atoms with van der Waals surface area (Å²) in [6, 6.07) is 21.1. The zero-order chi connectivity index (χ0) is 23.8. The summed E-state index contributed by atoms with van der Waals surface area (Å²) in [5.74, 6) is -1.77. The largest absolute Gasteiger partial charge is 0.481 e. The molecule has 172 valence electrons. The summed E-state index contributed by atoms with van der Waals surface area (Å²) < 4.78 is 6.19. The summed E-state index contributed by atoms with van der Waals surface area (Å²) >= 11 is 3.37. The summed E-state index contributed by atoms with van der Waals surface area (Å²) in [6.45, 7) is 0.537. The number of carboxylic acid groups (broad SMARTS) is 1. The van der Waals surface area contributed by atoms with Crippen LogP contribution in [0.15, 0.2) is 71.2 Å². The maximum Gasteiger partial charge on any atom is 0.411 e. The Morgan fingerprint density at radius 1 is 0.971 bits per heavy atom. The lowest BCUT2D eigenvalue weighted by Crippen LogP contribution is -2.53. The van der Waals surface area contributed by atoms with E-state index in [1.807, 2.05) is 24.3 Å². The van der Waals surface area contributed by atoms with Gasteiger partial charge >= 0.3 is 12.1 Å². The second kappa shape index (κ2) is 8.95. The number of carbonyl (C=O) groups excluding carboxylic acids is 2. The molecule has 2 aliphatic rings. The molecule has 0 atom stereocenters. The van der Waals surface area contributed by atoms with Crippen molar-refractivity contribution in [1.29, 1.82) is 0 Å². The van der Waals surface area contributed by atoms with Gasteiger partial charge in [-0.2, -0.15) is 0 Å². The molecule has 0 unspecified atom stereocenters. The Bertz CT molecular complexity index is 1260. The molecular weight excluding hydrogens is 500 g/mol. The number of amides is 2. The number of ether oxygens (including phenoxy) is 1. The first-order valence-corrected chi connectivity index (χ1v) is 11.6. The predicted octanol–water partition coefficient (Wildman–Crippen LogP) is 4.97. The Kier molecular flexibility index (Phi) is 5.83. The van der Waals surface area contributed by atoms with E-state index in [0.717, 1.165) is 22.3 Å². The van der Waals surface area contributed by atoms with Crippen molar-refractivity contribution >= 4 is 39.6 Å². The van der Waals surface area contributed by atoms with Crippen LogP contribution in [0, 0.1) is 5.92 Å². The Hall–Kier alpha value is -3.65. The second-order valence-corrected chi connectivity index (χ2v) is 9.34. The van der Waals surface area contributed by atoms with Gasteiger partial charge in [-0.15, -0.1) is 0 Å². The molecule has 7 nitrogen and oxygen atoms in total. The molecule has 1 saturated heterocycles. The molecular formula is C26H21BrN2O5. The SMILES string of the molecule is O=C(Nc1cc(Br)cc(C(=O)N2CC(C(=O)O)C2)c1)OCC1c2ccccc2-c2ccccc21. The van der Waals surface area contributed by atoms with E-state index in [1.165, 1.54) is 4.90 Å². The number of rotatable bonds is 5. The number of benzene rings is 3. The van der Waals surface area contributed by atoms with E-state index in [2.05, 4.69) is 45.5 Å². The molecule has 1 fully saturated rings. The Balaban J connectivity index is 1.25. The highest BCUT2D eigenvalue weighted by molar-refractivity contribution is 9.10. The van der Waals surface area contributed by atoms with Crippen LogP contribution < -0.4 is 5.32 Å². The van der Waals surface area contributed by atoms with Crippen LogP contribution in [0.5, 0.6) is 0 Å². The van der Waals surface area contributed by atoms with E-state index in [9.17, 15) is 14.4 Å². The van der Waals surface area contributed by atoms with Crippen LogP contribution in [0.1, 0.15) is 27.4 Å². The minimum atomic E-state index is -0.907. The molecule has 2 amide bonds. The van der Waals surface area contributed by atoms with Crippen LogP contribution in [0.4, 0.5) is 10.5 Å². The zero-order valence-corrected chi connectivity index (χ0v) is 19.6. The molecule has 3 aromatic carbocycles. The molecule has 0 aromatic heterocycles. The fourth-order valence-electron chi connectivity index (χ4n) is 4.52. The molecule has 34 heavy (non-hydrogen) atoms. The molecule has 1 aliphatic heterocycles. The third-order valence-corrected chi connectivity index (χ3v) is 6.71. The molecule has 1 heterocycles. The minimum Gasteiger partial charge on any atom is -0.481 e. The standard InChI is InChI=1S/C26H21BrN2O5/c27-17-9-15(24(30)29-12-16(13-29)25(31)32)10-18(11-17)28-26(33)34-14-23-21-7-3-1-5-19(21)20-6-2-4-8-22(20)23/h1-11,16,23H,12-14H2,(H,28,33)(H,31,32). The number of likely N-dealkylation sites (tertiary alicyclic amines) is 1. The maximum atomic E-state index is 12.7. The summed E-state index contributed by atoms with van der Waals surface area (Å²) in [6.07, 6.45) is -0.617. The van der Waals surface area contributed by atoms with Crippen LogP contribution in [0.3, 0.4) is 0 Å². The van der Waals surface area contributed by atoms with Crippen molar-refractivity contribution in [3.05, 3.63) is 87.9 Å². The fraction of sp³-hybridized carbons (Fsp3) is 0.192. The second-order valence-electron chi connectivity index (χ2n) is 8.42. The summed E-state index contributed by atoms with van der Waals surface area (Å²) in [4.78, 5) is 37.8. The van der Waals surface area contributed by atoms with Crippen LogP contribution in [-0.2, 0) is 9.53 Å². The number of halogens is 1. The average molecular weight is 521 g/mol. The van der Waals surface area contributed by atoms with Crippen molar-refractivity contribution in [3.63, 3.8) is 0 Å². The van der Waals surface area contributed by atoms with Gasteiger partial charge in [-0.25, -0.2) is 4.79 Å². The van der Waals surface area contributed by atoms with Crippen molar-refractivity contribution < 1.29 is 24.2 Å². The number of carbonyl (C=O) groups is 3. The quantitative estimate of drug-likeness (QED) is 0.495.